The molecule has 1 aliphatic heterocycles. The molecule has 1 aliphatic carbocycles. The molecule has 0 unspecified atom stereocenters. The lowest BCUT2D eigenvalue weighted by Gasteiger charge is -2.23. The Morgan fingerprint density at radius 2 is 2.05 bits per heavy atom. The van der Waals surface area contributed by atoms with Gasteiger partial charge in [0.1, 0.15) is 24.3 Å². The number of hydrogen-bond donors (Lipinski definition) is 1. The molecule has 5 rings (SSSR count). The van der Waals surface area contributed by atoms with Crippen LogP contribution in [0.3, 0.4) is 0 Å². The summed E-state index contributed by atoms with van der Waals surface area (Å²) in [5.74, 6) is -0.215. The third kappa shape index (κ3) is 5.50. The molecular formula is C26H27FN4O6. The second kappa shape index (κ2) is 9.38. The average molecular weight is 511 g/mol. The fourth-order valence-electron chi connectivity index (χ4n) is 4.08. The number of amides is 2. The first-order valence-corrected chi connectivity index (χ1v) is 11.9. The third-order valence-corrected chi connectivity index (χ3v) is 6.02. The number of ether oxygens (including phenoxy) is 3. The average Bonchev–Trinajstić information content (AvgIpc) is 3.24. The predicted molar refractivity (Wildman–Crippen MR) is 130 cm³/mol. The van der Waals surface area contributed by atoms with Crippen LogP contribution in [0.15, 0.2) is 53.4 Å². The molecule has 1 saturated carbocycles. The minimum atomic E-state index is -0.598. The number of nitrogens with one attached hydrogen (secondary N) is 1. The van der Waals surface area contributed by atoms with Crippen molar-refractivity contribution in [2.45, 2.75) is 50.9 Å². The first-order valence-electron chi connectivity index (χ1n) is 11.9. The largest absolute Gasteiger partial charge is 0.471 e. The Labute approximate surface area is 212 Å². The summed E-state index contributed by atoms with van der Waals surface area (Å²) in [7, 11) is 0. The van der Waals surface area contributed by atoms with Gasteiger partial charge in [-0.1, -0.05) is 6.07 Å². The smallest absolute Gasteiger partial charge is 0.414 e. The van der Waals surface area contributed by atoms with Gasteiger partial charge < -0.3 is 24.1 Å². The Bertz CT molecular complexity index is 1290. The van der Waals surface area contributed by atoms with Crippen molar-refractivity contribution in [3.63, 3.8) is 0 Å². The first kappa shape index (κ1) is 24.5. The van der Waals surface area contributed by atoms with Crippen molar-refractivity contribution < 1.29 is 32.7 Å². The van der Waals surface area contributed by atoms with E-state index in [9.17, 15) is 9.59 Å². The Morgan fingerprint density at radius 1 is 1.24 bits per heavy atom. The van der Waals surface area contributed by atoms with Gasteiger partial charge in [0.2, 0.25) is 0 Å². The zero-order valence-corrected chi connectivity index (χ0v) is 20.7. The number of carbonyl (C=O) groups excluding carboxylic acids is 2. The number of pyridine rings is 1. The van der Waals surface area contributed by atoms with Gasteiger partial charge in [0, 0.05) is 23.4 Å². The lowest BCUT2D eigenvalue weighted by atomic mass is 10.0. The maximum absolute atomic E-state index is 15.1. The van der Waals surface area contributed by atoms with Crippen LogP contribution >= 0.6 is 0 Å². The molecule has 1 saturated heterocycles. The monoisotopic (exact) mass is 510 g/mol. The Kier molecular flexibility index (Phi) is 6.22. The number of rotatable bonds is 7. The fourth-order valence-corrected chi connectivity index (χ4v) is 4.08. The van der Waals surface area contributed by atoms with E-state index in [1.54, 1.807) is 57.3 Å². The topological polar surface area (TPSA) is 116 Å². The van der Waals surface area contributed by atoms with Gasteiger partial charge in [0.25, 0.3) is 5.88 Å². The van der Waals surface area contributed by atoms with E-state index >= 15 is 4.39 Å². The van der Waals surface area contributed by atoms with Crippen molar-refractivity contribution in [2.75, 3.05) is 18.1 Å². The number of anilines is 1. The number of halogens is 1. The lowest BCUT2D eigenvalue weighted by molar-refractivity contribution is 0.0493. The van der Waals surface area contributed by atoms with Gasteiger partial charge in [0.15, 0.2) is 6.10 Å². The van der Waals surface area contributed by atoms with Gasteiger partial charge in [-0.3, -0.25) is 9.88 Å². The van der Waals surface area contributed by atoms with Crippen molar-refractivity contribution >= 4 is 17.9 Å². The van der Waals surface area contributed by atoms with E-state index in [4.69, 9.17) is 18.7 Å². The van der Waals surface area contributed by atoms with Gasteiger partial charge in [-0.05, 0) is 63.0 Å². The highest BCUT2D eigenvalue weighted by atomic mass is 19.1. The summed E-state index contributed by atoms with van der Waals surface area (Å²) in [6, 6.07) is 9.63. The molecular weight excluding hydrogens is 483 g/mol. The summed E-state index contributed by atoms with van der Waals surface area (Å²) in [5.41, 5.74) is 0.818. The van der Waals surface area contributed by atoms with E-state index < -0.39 is 35.2 Å². The van der Waals surface area contributed by atoms with Crippen LogP contribution in [0.2, 0.25) is 0 Å². The molecule has 1 N–H and O–H groups in total. The van der Waals surface area contributed by atoms with Crippen molar-refractivity contribution in [1.29, 1.82) is 0 Å². The standard InChI is InChI=1S/C26H27FN4O6/c1-25(2,3)37-23(32)29-26(9-10-26)21-7-4-16(13-28-21)19-6-5-17(12-20(19)27)31-14-18(36-24(31)33)15-34-22-8-11-35-30-22/h4-8,11-13,18H,9-10,14-15H2,1-3H3,(H,29,32)/t18-/m1/s1. The van der Waals surface area contributed by atoms with E-state index in [2.05, 4.69) is 15.5 Å². The van der Waals surface area contributed by atoms with Gasteiger partial charge in [-0.2, -0.15) is 0 Å². The number of benzene rings is 1. The number of carbonyl (C=O) groups is 2. The number of hydrogen-bond acceptors (Lipinski definition) is 8. The molecule has 2 aliphatic rings. The first-order chi connectivity index (χ1) is 17.6. The molecule has 2 aromatic heterocycles. The van der Waals surface area contributed by atoms with E-state index in [0.29, 0.717) is 22.5 Å². The second-order valence-corrected chi connectivity index (χ2v) is 10.1. The van der Waals surface area contributed by atoms with Gasteiger partial charge in [-0.25, -0.2) is 14.0 Å². The van der Waals surface area contributed by atoms with Crippen molar-refractivity contribution in [3.05, 3.63) is 60.4 Å². The molecule has 0 bridgehead atoms. The minimum absolute atomic E-state index is 0.0949. The number of cyclic esters (lactones) is 1. The second-order valence-electron chi connectivity index (χ2n) is 10.1. The van der Waals surface area contributed by atoms with Gasteiger partial charge in [-0.15, -0.1) is 0 Å². The molecule has 2 fully saturated rings. The molecule has 10 nitrogen and oxygen atoms in total. The summed E-state index contributed by atoms with van der Waals surface area (Å²) < 4.78 is 35.9. The summed E-state index contributed by atoms with van der Waals surface area (Å²) in [6.45, 7) is 5.72. The molecule has 1 atom stereocenters. The van der Waals surface area contributed by atoms with E-state index in [0.717, 1.165) is 12.8 Å². The highest BCUT2D eigenvalue weighted by Crippen LogP contribution is 2.45. The van der Waals surface area contributed by atoms with E-state index in [-0.39, 0.29) is 19.0 Å². The van der Waals surface area contributed by atoms with Gasteiger partial charge >= 0.3 is 12.2 Å². The zero-order valence-electron chi connectivity index (χ0n) is 20.7. The van der Waals surface area contributed by atoms with Crippen LogP contribution in [0.1, 0.15) is 39.3 Å². The molecule has 3 heterocycles. The molecule has 0 radical (unpaired) electrons. The van der Waals surface area contributed by atoms with Gasteiger partial charge in [0.05, 0.1) is 23.5 Å². The molecule has 0 spiro atoms. The molecule has 3 aromatic rings. The van der Waals surface area contributed by atoms with E-state index in [1.165, 1.54) is 17.2 Å². The minimum Gasteiger partial charge on any atom is -0.471 e. The lowest BCUT2D eigenvalue weighted by Crippen LogP contribution is -2.39. The van der Waals surface area contributed by atoms with Crippen molar-refractivity contribution in [2.24, 2.45) is 0 Å². The molecule has 11 heteroatoms. The number of aromatic nitrogens is 2. The Morgan fingerprint density at radius 3 is 2.68 bits per heavy atom. The molecule has 194 valence electrons. The maximum atomic E-state index is 15.1. The summed E-state index contributed by atoms with van der Waals surface area (Å²) in [4.78, 5) is 30.4. The zero-order chi connectivity index (χ0) is 26.2. The normalized spacial score (nSPS) is 18.3. The summed E-state index contributed by atoms with van der Waals surface area (Å²) in [6.07, 6.45) is 2.83. The third-order valence-electron chi connectivity index (χ3n) is 6.02. The Hall–Kier alpha value is -4.15. The molecule has 2 amide bonds. The van der Waals surface area contributed by atoms with Crippen molar-refractivity contribution in [3.8, 4) is 17.0 Å². The summed E-state index contributed by atoms with van der Waals surface area (Å²) in [5, 5.41) is 6.55. The maximum Gasteiger partial charge on any atom is 0.414 e. The highest BCUT2D eigenvalue weighted by Gasteiger charge is 2.48. The van der Waals surface area contributed by atoms with Crippen LogP contribution < -0.4 is 15.0 Å². The number of nitrogens with zero attached hydrogens (tertiary/aromatic N) is 3. The van der Waals surface area contributed by atoms with Crippen molar-refractivity contribution in [1.82, 2.24) is 15.5 Å². The summed E-state index contributed by atoms with van der Waals surface area (Å²) >= 11 is 0. The highest BCUT2D eigenvalue weighted by molar-refractivity contribution is 5.90. The molecule has 37 heavy (non-hydrogen) atoms. The van der Waals surface area contributed by atoms with Crippen LogP contribution in [0.25, 0.3) is 11.1 Å². The number of alkyl carbamates (subject to hydrolysis) is 1. The van der Waals surface area contributed by atoms with Crippen LogP contribution in [-0.4, -0.2) is 47.2 Å². The SMILES string of the molecule is CC(C)(C)OC(=O)NC1(c2ccc(-c3ccc(N4C[C@H](COc5ccon5)OC4=O)cc3F)cn2)CC1. The van der Waals surface area contributed by atoms with Crippen LogP contribution in [0.5, 0.6) is 5.88 Å². The predicted octanol–water partition coefficient (Wildman–Crippen LogP) is 4.79. The fraction of sp³-hybridized carbons (Fsp3) is 0.385. The Balaban J connectivity index is 1.24. The quantitative estimate of drug-likeness (QED) is 0.482. The van der Waals surface area contributed by atoms with Crippen LogP contribution in [0.4, 0.5) is 19.7 Å². The van der Waals surface area contributed by atoms with Crippen LogP contribution in [-0.2, 0) is 15.0 Å². The molecule has 1 aromatic carbocycles. The van der Waals surface area contributed by atoms with Crippen LogP contribution in [0, 0.1) is 5.82 Å². The van der Waals surface area contributed by atoms with E-state index in [1.807, 2.05) is 0 Å².